The quantitative estimate of drug-likeness (QED) is 0.367. The second-order valence-electron chi connectivity index (χ2n) is 15.0. The van der Waals surface area contributed by atoms with Gasteiger partial charge in [-0.25, -0.2) is 0 Å². The molecule has 226 valence electrons. The molecule has 0 amide bonds. The predicted molar refractivity (Wildman–Crippen MR) is 147 cm³/mol. The Bertz CT molecular complexity index is 1040. The highest BCUT2D eigenvalue weighted by Gasteiger charge is 2.76. The first-order chi connectivity index (χ1) is 18.6. The lowest BCUT2D eigenvalue weighted by Gasteiger charge is -2.69. The number of hydrogen-bond donors (Lipinski definition) is 1. The van der Waals surface area contributed by atoms with Crippen molar-refractivity contribution in [1.82, 2.24) is 0 Å². The van der Waals surface area contributed by atoms with E-state index in [4.69, 9.17) is 18.9 Å². The van der Waals surface area contributed by atoms with E-state index >= 15 is 0 Å². The first-order valence-electron chi connectivity index (χ1n) is 15.4. The number of fused-ring (bicyclic) bond motifs is 2. The summed E-state index contributed by atoms with van der Waals surface area (Å²) >= 11 is 0. The van der Waals surface area contributed by atoms with Crippen LogP contribution in [-0.2, 0) is 33.3 Å². The number of hydrogen-bond acceptors (Lipinski definition) is 8. The van der Waals surface area contributed by atoms with Crippen LogP contribution in [0.4, 0.5) is 0 Å². The van der Waals surface area contributed by atoms with E-state index in [0.717, 1.165) is 19.3 Å². The van der Waals surface area contributed by atoms with Gasteiger partial charge in [0.1, 0.15) is 12.2 Å². The van der Waals surface area contributed by atoms with Gasteiger partial charge in [0.05, 0.1) is 37.8 Å². The molecule has 2 saturated heterocycles. The highest BCUT2D eigenvalue weighted by atomic mass is 16.6. The molecule has 13 atom stereocenters. The minimum absolute atomic E-state index is 0.0759. The molecule has 5 rings (SSSR count). The van der Waals surface area contributed by atoms with Crippen LogP contribution in [0.3, 0.4) is 0 Å². The summed E-state index contributed by atoms with van der Waals surface area (Å²) in [6.45, 7) is 17.3. The van der Waals surface area contributed by atoms with Gasteiger partial charge in [-0.3, -0.25) is 14.4 Å². The topological polar surface area (TPSA) is 108 Å². The fourth-order valence-electron chi connectivity index (χ4n) is 10.2. The van der Waals surface area contributed by atoms with Crippen molar-refractivity contribution >= 4 is 17.9 Å². The van der Waals surface area contributed by atoms with Crippen molar-refractivity contribution in [2.45, 2.75) is 118 Å². The Balaban J connectivity index is 1.58. The summed E-state index contributed by atoms with van der Waals surface area (Å²) in [6.07, 6.45) is 2.09. The summed E-state index contributed by atoms with van der Waals surface area (Å²) in [4.78, 5) is 37.5. The van der Waals surface area contributed by atoms with Gasteiger partial charge in [0.15, 0.2) is 0 Å². The van der Waals surface area contributed by atoms with Crippen LogP contribution < -0.4 is 0 Å². The summed E-state index contributed by atoms with van der Waals surface area (Å²) in [7, 11) is 0. The molecule has 0 spiro atoms. The van der Waals surface area contributed by atoms with E-state index in [-0.39, 0.29) is 52.9 Å². The first-order valence-corrected chi connectivity index (χ1v) is 15.4. The molecule has 5 aliphatic rings. The molecule has 1 unspecified atom stereocenters. The highest BCUT2D eigenvalue weighted by Crippen LogP contribution is 2.73. The number of carbonyl (C=O) groups is 3. The molecule has 1 N–H and O–H groups in total. The SMILES string of the molecule is CCC(C)C(=O)O[C@@H]1[C@@H]2OC[C@]3(C)[C@H](OC(C)=O)C[C@H](O)[C@](C)([C@H]4CC[C@@](C)([C@@H](C)[C@H]5COC(=O)C5)C[C@]14C)[C@@H]23. The van der Waals surface area contributed by atoms with Crippen LogP contribution in [0.15, 0.2) is 0 Å². The Morgan fingerprint density at radius 2 is 1.82 bits per heavy atom. The molecule has 5 fully saturated rings. The monoisotopic (exact) mass is 562 g/mol. The number of carbonyl (C=O) groups excluding carboxylic acids is 3. The van der Waals surface area contributed by atoms with Crippen molar-refractivity contribution in [1.29, 1.82) is 0 Å². The standard InChI is InChI=1S/C32H50O8/c1-9-17(2)28(36)40-27-25-26-31(7,16-38-25)23(39-19(4)33)13-22(34)32(26,8)21-10-11-29(5,15-30(21,27)6)18(3)20-12-24(35)37-14-20/h17-18,20-23,25-27,34H,9-16H2,1-8H3/t17?,18-,20+,21-,22-,23+,25+,26-,27+,29+,30-,31+,32-/m0/s1. The maximum absolute atomic E-state index is 13.4. The molecule has 0 aromatic carbocycles. The molecule has 0 aromatic rings. The third-order valence-corrected chi connectivity index (χ3v) is 12.7. The number of aliphatic hydroxyl groups is 1. The van der Waals surface area contributed by atoms with Crippen LogP contribution in [0, 0.1) is 51.2 Å². The number of rotatable bonds is 6. The van der Waals surface area contributed by atoms with Crippen molar-refractivity contribution < 1.29 is 38.4 Å². The summed E-state index contributed by atoms with van der Waals surface area (Å²) in [5.74, 6) is -0.576. The second-order valence-corrected chi connectivity index (χ2v) is 15.0. The normalized spacial score (nSPS) is 49.3. The average molecular weight is 563 g/mol. The fraction of sp³-hybridized carbons (Fsp3) is 0.906. The minimum Gasteiger partial charge on any atom is -0.465 e. The number of esters is 3. The second kappa shape index (κ2) is 9.96. The van der Waals surface area contributed by atoms with E-state index in [1.54, 1.807) is 0 Å². The van der Waals surface area contributed by atoms with Gasteiger partial charge < -0.3 is 24.1 Å². The zero-order chi connectivity index (χ0) is 29.4. The molecule has 8 nitrogen and oxygen atoms in total. The smallest absolute Gasteiger partial charge is 0.309 e. The summed E-state index contributed by atoms with van der Waals surface area (Å²) in [5.41, 5.74) is -1.56. The summed E-state index contributed by atoms with van der Waals surface area (Å²) < 4.78 is 24.3. The number of ether oxygens (including phenoxy) is 4. The largest absolute Gasteiger partial charge is 0.465 e. The molecular weight excluding hydrogens is 512 g/mol. The van der Waals surface area contributed by atoms with Gasteiger partial charge in [-0.1, -0.05) is 48.5 Å². The van der Waals surface area contributed by atoms with E-state index < -0.39 is 40.7 Å². The predicted octanol–water partition coefficient (Wildman–Crippen LogP) is 4.69. The Morgan fingerprint density at radius 1 is 1.12 bits per heavy atom. The van der Waals surface area contributed by atoms with E-state index in [2.05, 4.69) is 34.6 Å². The van der Waals surface area contributed by atoms with E-state index in [1.807, 2.05) is 13.8 Å². The van der Waals surface area contributed by atoms with E-state index in [0.29, 0.717) is 32.5 Å². The summed E-state index contributed by atoms with van der Waals surface area (Å²) in [5, 5.41) is 11.9. The van der Waals surface area contributed by atoms with Gasteiger partial charge in [-0.05, 0) is 42.9 Å². The molecular formula is C32H50O8. The fourth-order valence-corrected chi connectivity index (χ4v) is 10.2. The van der Waals surface area contributed by atoms with Crippen molar-refractivity contribution in [2.24, 2.45) is 51.2 Å². The molecule has 2 aliphatic heterocycles. The van der Waals surface area contributed by atoms with Crippen LogP contribution in [0.25, 0.3) is 0 Å². The Kier molecular flexibility index (Phi) is 7.42. The third-order valence-electron chi connectivity index (χ3n) is 12.7. The zero-order valence-electron chi connectivity index (χ0n) is 25.7. The van der Waals surface area contributed by atoms with Crippen LogP contribution in [-0.4, -0.2) is 60.6 Å². The number of cyclic esters (lactones) is 1. The van der Waals surface area contributed by atoms with Crippen LogP contribution in [0.5, 0.6) is 0 Å². The van der Waals surface area contributed by atoms with Gasteiger partial charge in [-0.2, -0.15) is 0 Å². The lowest BCUT2D eigenvalue weighted by Crippen LogP contribution is -2.72. The Labute approximate surface area is 239 Å². The van der Waals surface area contributed by atoms with Crippen LogP contribution in [0.2, 0.25) is 0 Å². The molecule has 3 saturated carbocycles. The summed E-state index contributed by atoms with van der Waals surface area (Å²) in [6, 6.07) is 0. The Hall–Kier alpha value is -1.67. The van der Waals surface area contributed by atoms with Crippen LogP contribution >= 0.6 is 0 Å². The lowest BCUT2D eigenvalue weighted by atomic mass is 9.36. The van der Waals surface area contributed by atoms with E-state index in [1.165, 1.54) is 6.92 Å². The number of aliphatic hydroxyl groups excluding tert-OH is 1. The maximum atomic E-state index is 13.4. The minimum atomic E-state index is -0.683. The Morgan fingerprint density at radius 3 is 2.42 bits per heavy atom. The molecule has 3 aliphatic carbocycles. The van der Waals surface area contributed by atoms with Crippen molar-refractivity contribution in [2.75, 3.05) is 13.2 Å². The molecule has 0 bridgehead atoms. The van der Waals surface area contributed by atoms with Gasteiger partial charge in [0.25, 0.3) is 0 Å². The maximum Gasteiger partial charge on any atom is 0.309 e. The van der Waals surface area contributed by atoms with Crippen molar-refractivity contribution in [3.05, 3.63) is 0 Å². The van der Waals surface area contributed by atoms with Gasteiger partial charge in [0.2, 0.25) is 0 Å². The van der Waals surface area contributed by atoms with E-state index in [9.17, 15) is 19.5 Å². The van der Waals surface area contributed by atoms with Gasteiger partial charge >= 0.3 is 17.9 Å². The van der Waals surface area contributed by atoms with Crippen molar-refractivity contribution in [3.63, 3.8) is 0 Å². The average Bonchev–Trinajstić information content (AvgIpc) is 3.48. The van der Waals surface area contributed by atoms with Gasteiger partial charge in [0, 0.05) is 41.4 Å². The molecule has 8 heteroatoms. The third kappa shape index (κ3) is 4.25. The first kappa shape index (κ1) is 29.8. The molecule has 0 radical (unpaired) electrons. The molecule has 40 heavy (non-hydrogen) atoms. The molecule has 0 aromatic heterocycles. The van der Waals surface area contributed by atoms with Gasteiger partial charge in [-0.15, -0.1) is 0 Å². The van der Waals surface area contributed by atoms with Crippen LogP contribution in [0.1, 0.15) is 93.9 Å². The molecule has 2 heterocycles. The lowest BCUT2D eigenvalue weighted by molar-refractivity contribution is -0.280. The highest BCUT2D eigenvalue weighted by molar-refractivity contribution is 5.72. The zero-order valence-corrected chi connectivity index (χ0v) is 25.7. The van der Waals surface area contributed by atoms with Crippen molar-refractivity contribution in [3.8, 4) is 0 Å².